The Morgan fingerprint density at radius 2 is 0.849 bits per heavy atom. The van der Waals surface area contributed by atoms with E-state index < -0.39 is 0 Å². The summed E-state index contributed by atoms with van der Waals surface area (Å²) in [6, 6.07) is 70.7. The number of benzene rings is 10. The van der Waals surface area contributed by atoms with Crippen molar-refractivity contribution < 1.29 is 4.42 Å². The molecule has 53 heavy (non-hydrogen) atoms. The lowest BCUT2D eigenvalue weighted by molar-refractivity contribution is 0.670. The molecular formula is C52H32O. The van der Waals surface area contributed by atoms with Crippen LogP contribution in [0.2, 0.25) is 0 Å². The van der Waals surface area contributed by atoms with Gasteiger partial charge in [0.05, 0.1) is 0 Å². The van der Waals surface area contributed by atoms with E-state index in [2.05, 4.69) is 188 Å². The van der Waals surface area contributed by atoms with Gasteiger partial charge in [-0.3, -0.25) is 0 Å². The van der Waals surface area contributed by atoms with Crippen LogP contribution in [0.5, 0.6) is 0 Å². The fraction of sp³-hybridized carbons (Fsp3) is 0. The molecule has 1 nitrogen and oxygen atoms in total. The fourth-order valence-electron chi connectivity index (χ4n) is 8.59. The smallest absolute Gasteiger partial charge is 0.143 e. The first-order valence-electron chi connectivity index (χ1n) is 18.3. The monoisotopic (exact) mass is 672 g/mol. The third-order valence-electron chi connectivity index (χ3n) is 11.0. The maximum absolute atomic E-state index is 6.52. The lowest BCUT2D eigenvalue weighted by Gasteiger charge is -2.20. The summed E-state index contributed by atoms with van der Waals surface area (Å²) in [7, 11) is 0. The third-order valence-corrected chi connectivity index (χ3v) is 11.0. The highest BCUT2D eigenvalue weighted by Crippen LogP contribution is 2.47. The zero-order chi connectivity index (χ0) is 34.9. The lowest BCUT2D eigenvalue weighted by Crippen LogP contribution is -1.93. The molecule has 0 unspecified atom stereocenters. The van der Waals surface area contributed by atoms with Gasteiger partial charge in [0.1, 0.15) is 11.2 Å². The van der Waals surface area contributed by atoms with Gasteiger partial charge < -0.3 is 4.42 Å². The number of para-hydroxylation sites is 2. The van der Waals surface area contributed by atoms with E-state index in [1.54, 1.807) is 0 Å². The first-order chi connectivity index (χ1) is 26.3. The Labute approximate surface area is 307 Å². The van der Waals surface area contributed by atoms with Crippen molar-refractivity contribution in [3.05, 3.63) is 194 Å². The molecule has 0 aliphatic carbocycles. The van der Waals surface area contributed by atoms with E-state index >= 15 is 0 Å². The van der Waals surface area contributed by atoms with Crippen molar-refractivity contribution in [3.63, 3.8) is 0 Å². The van der Waals surface area contributed by atoms with Crippen molar-refractivity contribution in [3.8, 4) is 44.5 Å². The molecule has 0 saturated carbocycles. The summed E-state index contributed by atoms with van der Waals surface area (Å²) >= 11 is 0. The average molecular weight is 673 g/mol. The molecule has 0 saturated heterocycles. The maximum atomic E-state index is 6.52. The fourth-order valence-corrected chi connectivity index (χ4v) is 8.59. The predicted octanol–water partition coefficient (Wildman–Crippen LogP) is 14.9. The van der Waals surface area contributed by atoms with Crippen LogP contribution in [0.25, 0.3) is 110 Å². The second kappa shape index (κ2) is 11.8. The quantitative estimate of drug-likeness (QED) is 0.170. The van der Waals surface area contributed by atoms with Gasteiger partial charge in [-0.25, -0.2) is 0 Å². The summed E-state index contributed by atoms with van der Waals surface area (Å²) < 4.78 is 6.52. The van der Waals surface area contributed by atoms with Crippen LogP contribution in [0.3, 0.4) is 0 Å². The molecule has 0 aliphatic rings. The second-order valence-corrected chi connectivity index (χ2v) is 14.0. The highest BCUT2D eigenvalue weighted by Gasteiger charge is 2.20. The van der Waals surface area contributed by atoms with Crippen molar-refractivity contribution in [1.29, 1.82) is 0 Å². The summed E-state index contributed by atoms with van der Waals surface area (Å²) in [5.74, 6) is 0. The SMILES string of the molecule is c1cc(-c2c3ccccc3c(-c3cccc4ccccc34)c3ccc(-c4ccc5ccccc5c4)cc23)cc(-c2cccc3c2oc2ccccc23)c1. The Morgan fingerprint density at radius 3 is 1.74 bits per heavy atom. The van der Waals surface area contributed by atoms with Crippen LogP contribution in [-0.4, -0.2) is 0 Å². The van der Waals surface area contributed by atoms with Gasteiger partial charge in [0.2, 0.25) is 0 Å². The second-order valence-electron chi connectivity index (χ2n) is 14.0. The Kier molecular flexibility index (Phi) is 6.62. The van der Waals surface area contributed by atoms with E-state index in [-0.39, 0.29) is 0 Å². The van der Waals surface area contributed by atoms with E-state index in [4.69, 9.17) is 4.42 Å². The largest absolute Gasteiger partial charge is 0.455 e. The van der Waals surface area contributed by atoms with Gasteiger partial charge >= 0.3 is 0 Å². The van der Waals surface area contributed by atoms with Crippen LogP contribution in [0.1, 0.15) is 0 Å². The summed E-state index contributed by atoms with van der Waals surface area (Å²) in [6.45, 7) is 0. The molecule has 1 heterocycles. The van der Waals surface area contributed by atoms with Crippen molar-refractivity contribution in [2.24, 2.45) is 0 Å². The molecule has 0 spiro atoms. The van der Waals surface area contributed by atoms with Crippen molar-refractivity contribution in [2.45, 2.75) is 0 Å². The third kappa shape index (κ3) is 4.71. The maximum Gasteiger partial charge on any atom is 0.143 e. The molecular weight excluding hydrogens is 641 g/mol. The number of fused-ring (bicyclic) bond motifs is 7. The van der Waals surface area contributed by atoms with Gasteiger partial charge in [-0.05, 0) is 106 Å². The molecule has 0 atom stereocenters. The number of rotatable bonds is 4. The normalized spacial score (nSPS) is 11.8. The number of hydrogen-bond acceptors (Lipinski definition) is 1. The van der Waals surface area contributed by atoms with Gasteiger partial charge in [0, 0.05) is 16.3 Å². The highest BCUT2D eigenvalue weighted by molar-refractivity contribution is 6.24. The van der Waals surface area contributed by atoms with Crippen molar-refractivity contribution >= 4 is 65.0 Å². The predicted molar refractivity (Wildman–Crippen MR) is 225 cm³/mol. The molecule has 0 radical (unpaired) electrons. The van der Waals surface area contributed by atoms with Crippen LogP contribution >= 0.6 is 0 Å². The number of hydrogen-bond donors (Lipinski definition) is 0. The van der Waals surface area contributed by atoms with E-state index in [0.29, 0.717) is 0 Å². The highest BCUT2D eigenvalue weighted by atomic mass is 16.3. The topological polar surface area (TPSA) is 13.1 Å². The summed E-state index contributed by atoms with van der Waals surface area (Å²) in [5.41, 5.74) is 11.4. The van der Waals surface area contributed by atoms with Crippen LogP contribution in [0.15, 0.2) is 199 Å². The first kappa shape index (κ1) is 29.7. The lowest BCUT2D eigenvalue weighted by atomic mass is 9.83. The van der Waals surface area contributed by atoms with E-state index in [0.717, 1.165) is 33.1 Å². The number of furan rings is 1. The Bertz CT molecular complexity index is 3230. The molecule has 0 amide bonds. The zero-order valence-corrected chi connectivity index (χ0v) is 28.9. The molecule has 1 aromatic heterocycles. The Hall–Kier alpha value is -6.96. The van der Waals surface area contributed by atoms with Crippen LogP contribution in [-0.2, 0) is 0 Å². The van der Waals surface area contributed by atoms with Gasteiger partial charge in [0.25, 0.3) is 0 Å². The Balaban J connectivity index is 1.22. The minimum Gasteiger partial charge on any atom is -0.455 e. The van der Waals surface area contributed by atoms with Crippen LogP contribution < -0.4 is 0 Å². The molecule has 0 bridgehead atoms. The Morgan fingerprint density at radius 1 is 0.264 bits per heavy atom. The van der Waals surface area contributed by atoms with Gasteiger partial charge in [0.15, 0.2) is 0 Å². The van der Waals surface area contributed by atoms with Crippen molar-refractivity contribution in [2.75, 3.05) is 0 Å². The van der Waals surface area contributed by atoms with Crippen LogP contribution in [0.4, 0.5) is 0 Å². The zero-order valence-electron chi connectivity index (χ0n) is 28.9. The standard InChI is InChI=1S/C52H32O/c1-2-14-35-30-36(27-26-33(35)12-1)37-28-29-46-48(32-37)50(44-20-5-6-21-45(44)51(46)43-23-10-15-34-13-3-4-18-40(34)43)39-17-9-16-38(31-39)41-22-11-24-47-42-19-7-8-25-49(42)53-52(41)47/h1-32H. The molecule has 246 valence electrons. The summed E-state index contributed by atoms with van der Waals surface area (Å²) in [6.07, 6.45) is 0. The minimum absolute atomic E-state index is 0.910. The molecule has 11 rings (SSSR count). The average Bonchev–Trinajstić information content (AvgIpc) is 3.61. The first-order valence-corrected chi connectivity index (χ1v) is 18.3. The minimum atomic E-state index is 0.910. The van der Waals surface area contributed by atoms with E-state index in [1.807, 2.05) is 6.07 Å². The molecule has 0 aliphatic heterocycles. The van der Waals surface area contributed by atoms with Gasteiger partial charge in [-0.2, -0.15) is 0 Å². The molecule has 1 heteroatoms. The van der Waals surface area contributed by atoms with E-state index in [9.17, 15) is 0 Å². The molecule has 0 fully saturated rings. The van der Waals surface area contributed by atoms with Gasteiger partial charge in [-0.1, -0.05) is 170 Å². The molecule has 10 aromatic carbocycles. The van der Waals surface area contributed by atoms with Gasteiger partial charge in [-0.15, -0.1) is 0 Å². The van der Waals surface area contributed by atoms with Crippen LogP contribution in [0, 0.1) is 0 Å². The van der Waals surface area contributed by atoms with Crippen molar-refractivity contribution in [1.82, 2.24) is 0 Å². The molecule has 11 aromatic rings. The summed E-state index contributed by atoms with van der Waals surface area (Å²) in [5, 5.41) is 12.2. The van der Waals surface area contributed by atoms with E-state index in [1.165, 1.54) is 76.5 Å². The molecule has 0 N–H and O–H groups in total. The summed E-state index contributed by atoms with van der Waals surface area (Å²) in [4.78, 5) is 0.